The molecule has 3 aromatic carbocycles. The Morgan fingerprint density at radius 2 is 0.914 bits per heavy atom. The van der Waals surface area contributed by atoms with Crippen molar-refractivity contribution in [1.82, 2.24) is 0 Å². The fraction of sp³-hybridized carbons (Fsp3) is 0.400. The van der Waals surface area contributed by atoms with Gasteiger partial charge in [0, 0.05) is 10.6 Å². The van der Waals surface area contributed by atoms with Crippen molar-refractivity contribution in [2.45, 2.75) is 53.4 Å². The molecule has 0 aromatic heterocycles. The van der Waals surface area contributed by atoms with Gasteiger partial charge in [-0.3, -0.25) is 0 Å². The summed E-state index contributed by atoms with van der Waals surface area (Å²) in [4.78, 5) is 0. The van der Waals surface area contributed by atoms with Crippen LogP contribution >= 0.6 is 7.92 Å². The highest BCUT2D eigenvalue weighted by Crippen LogP contribution is 2.44. The molecule has 0 aliphatic carbocycles. The lowest BCUT2D eigenvalue weighted by Gasteiger charge is -2.26. The summed E-state index contributed by atoms with van der Waals surface area (Å²) in [5.74, 6) is 3.27. The summed E-state index contributed by atoms with van der Waals surface area (Å²) in [6.07, 6.45) is 3.74. The van der Waals surface area contributed by atoms with Gasteiger partial charge in [0.15, 0.2) is 23.0 Å². The molecule has 4 nitrogen and oxygen atoms in total. The predicted molar refractivity (Wildman–Crippen MR) is 148 cm³/mol. The van der Waals surface area contributed by atoms with E-state index < -0.39 is 7.92 Å². The van der Waals surface area contributed by atoms with E-state index in [1.165, 1.54) is 5.30 Å². The lowest BCUT2D eigenvalue weighted by Crippen LogP contribution is -2.25. The summed E-state index contributed by atoms with van der Waals surface area (Å²) in [5, 5.41) is 3.48. The molecular formula is C30H39O4P. The standard InChI is InChI=1S/C30H39O4P/c1-5-20-31-25-16-12-18-27(29(25)33-22-7-3)35(24-14-10-9-11-15-24)28-19-13-17-26(32-21-6-2)30(28)34-23-8-4/h9-19H,5-8,20-23H2,1-4H3. The van der Waals surface area contributed by atoms with Crippen LogP contribution in [0.15, 0.2) is 66.7 Å². The Bertz CT molecular complexity index is 959. The number of ether oxygens (including phenoxy) is 4. The highest BCUT2D eigenvalue weighted by molar-refractivity contribution is 7.80. The van der Waals surface area contributed by atoms with Gasteiger partial charge in [0.1, 0.15) is 0 Å². The summed E-state index contributed by atoms with van der Waals surface area (Å²) >= 11 is 0. The molecule has 0 saturated carbocycles. The summed E-state index contributed by atoms with van der Waals surface area (Å²) in [6.45, 7) is 11.1. The lowest BCUT2D eigenvalue weighted by atomic mass is 10.3. The van der Waals surface area contributed by atoms with E-state index in [-0.39, 0.29) is 0 Å². The number of para-hydroxylation sites is 2. The maximum Gasteiger partial charge on any atom is 0.169 e. The third-order valence-corrected chi connectivity index (χ3v) is 7.72. The van der Waals surface area contributed by atoms with E-state index in [1.54, 1.807) is 0 Å². The van der Waals surface area contributed by atoms with Gasteiger partial charge >= 0.3 is 0 Å². The Labute approximate surface area is 212 Å². The zero-order chi connectivity index (χ0) is 24.9. The molecule has 0 atom stereocenters. The molecule has 0 unspecified atom stereocenters. The van der Waals surface area contributed by atoms with Gasteiger partial charge in [-0.2, -0.15) is 0 Å². The molecule has 35 heavy (non-hydrogen) atoms. The van der Waals surface area contributed by atoms with Crippen LogP contribution in [-0.2, 0) is 0 Å². The molecule has 0 radical (unpaired) electrons. The highest BCUT2D eigenvalue weighted by atomic mass is 31.1. The van der Waals surface area contributed by atoms with Crippen molar-refractivity contribution in [3.05, 3.63) is 66.7 Å². The van der Waals surface area contributed by atoms with Crippen LogP contribution < -0.4 is 34.9 Å². The lowest BCUT2D eigenvalue weighted by molar-refractivity contribution is 0.270. The van der Waals surface area contributed by atoms with Gasteiger partial charge in [-0.25, -0.2) is 0 Å². The minimum Gasteiger partial charge on any atom is -0.490 e. The van der Waals surface area contributed by atoms with Crippen LogP contribution in [0.4, 0.5) is 0 Å². The topological polar surface area (TPSA) is 36.9 Å². The molecule has 0 aliphatic heterocycles. The number of hydrogen-bond donors (Lipinski definition) is 0. The second-order valence-electron chi connectivity index (χ2n) is 8.27. The van der Waals surface area contributed by atoms with E-state index in [1.807, 2.05) is 12.1 Å². The van der Waals surface area contributed by atoms with E-state index >= 15 is 0 Å². The summed E-state index contributed by atoms with van der Waals surface area (Å²) in [7, 11) is -0.993. The zero-order valence-electron chi connectivity index (χ0n) is 21.6. The molecule has 0 heterocycles. The Morgan fingerprint density at radius 3 is 1.34 bits per heavy atom. The third kappa shape index (κ3) is 7.15. The van der Waals surface area contributed by atoms with Crippen LogP contribution in [0, 0.1) is 0 Å². The fourth-order valence-electron chi connectivity index (χ4n) is 3.70. The molecule has 0 aliphatic rings. The van der Waals surface area contributed by atoms with Gasteiger partial charge in [-0.1, -0.05) is 70.2 Å². The van der Waals surface area contributed by atoms with E-state index in [4.69, 9.17) is 18.9 Å². The van der Waals surface area contributed by atoms with Gasteiger partial charge in [-0.05, 0) is 63.2 Å². The number of hydrogen-bond acceptors (Lipinski definition) is 4. The summed E-state index contributed by atoms with van der Waals surface area (Å²) < 4.78 is 25.0. The Hall–Kier alpha value is -2.71. The largest absolute Gasteiger partial charge is 0.490 e. The Balaban J connectivity index is 2.24. The molecule has 0 spiro atoms. The van der Waals surface area contributed by atoms with Crippen LogP contribution in [0.1, 0.15) is 53.4 Å². The van der Waals surface area contributed by atoms with Crippen LogP contribution in [0.3, 0.4) is 0 Å². The first-order valence-corrected chi connectivity index (χ1v) is 14.2. The van der Waals surface area contributed by atoms with Gasteiger partial charge < -0.3 is 18.9 Å². The molecule has 0 N–H and O–H groups in total. The van der Waals surface area contributed by atoms with Crippen LogP contribution in [0.2, 0.25) is 0 Å². The molecular weight excluding hydrogens is 455 g/mol. The second-order valence-corrected chi connectivity index (χ2v) is 10.4. The molecule has 0 bridgehead atoms. The molecule has 188 valence electrons. The Kier molecular flexibility index (Phi) is 11.2. The van der Waals surface area contributed by atoms with Gasteiger partial charge in [0.2, 0.25) is 0 Å². The first-order chi connectivity index (χ1) is 17.2. The maximum absolute atomic E-state index is 6.37. The van der Waals surface area contributed by atoms with Crippen molar-refractivity contribution in [2.24, 2.45) is 0 Å². The number of rotatable bonds is 15. The number of benzene rings is 3. The van der Waals surface area contributed by atoms with Crippen molar-refractivity contribution in [2.75, 3.05) is 26.4 Å². The van der Waals surface area contributed by atoms with Crippen molar-refractivity contribution >= 4 is 23.8 Å². The molecule has 0 amide bonds. The quantitative estimate of drug-likeness (QED) is 0.223. The average molecular weight is 495 g/mol. The van der Waals surface area contributed by atoms with E-state index in [0.717, 1.165) is 59.3 Å². The van der Waals surface area contributed by atoms with Gasteiger partial charge in [0.05, 0.1) is 26.4 Å². The molecule has 5 heteroatoms. The maximum atomic E-state index is 6.37. The van der Waals surface area contributed by atoms with Crippen molar-refractivity contribution in [3.8, 4) is 23.0 Å². The zero-order valence-corrected chi connectivity index (χ0v) is 22.5. The van der Waals surface area contributed by atoms with E-state index in [2.05, 4.69) is 82.3 Å². The predicted octanol–water partition coefficient (Wildman–Crippen LogP) is 6.60. The third-order valence-electron chi connectivity index (χ3n) is 5.24. The average Bonchev–Trinajstić information content (AvgIpc) is 2.90. The van der Waals surface area contributed by atoms with Crippen LogP contribution in [-0.4, -0.2) is 26.4 Å². The minimum absolute atomic E-state index is 0.635. The highest BCUT2D eigenvalue weighted by Gasteiger charge is 2.27. The van der Waals surface area contributed by atoms with Gasteiger partial charge in [0.25, 0.3) is 0 Å². The summed E-state index contributed by atoms with van der Waals surface area (Å²) in [5.41, 5.74) is 0. The molecule has 0 saturated heterocycles. The SMILES string of the molecule is CCCOc1cccc(P(c2ccccc2)c2cccc(OCCC)c2OCCC)c1OCCC. The van der Waals surface area contributed by atoms with E-state index in [0.29, 0.717) is 26.4 Å². The molecule has 0 fully saturated rings. The Morgan fingerprint density at radius 1 is 0.486 bits per heavy atom. The first-order valence-electron chi connectivity index (χ1n) is 12.9. The van der Waals surface area contributed by atoms with E-state index in [9.17, 15) is 0 Å². The minimum atomic E-state index is -0.993. The van der Waals surface area contributed by atoms with Crippen LogP contribution in [0.5, 0.6) is 23.0 Å². The smallest absolute Gasteiger partial charge is 0.169 e. The van der Waals surface area contributed by atoms with Crippen LogP contribution in [0.25, 0.3) is 0 Å². The molecule has 3 rings (SSSR count). The normalized spacial score (nSPS) is 10.9. The fourth-order valence-corrected chi connectivity index (χ4v) is 6.21. The second kappa shape index (κ2) is 14.6. The summed E-state index contributed by atoms with van der Waals surface area (Å²) in [6, 6.07) is 23.1. The monoisotopic (exact) mass is 494 g/mol. The molecule has 3 aromatic rings. The van der Waals surface area contributed by atoms with Crippen molar-refractivity contribution < 1.29 is 18.9 Å². The van der Waals surface area contributed by atoms with Crippen molar-refractivity contribution in [3.63, 3.8) is 0 Å². The first kappa shape index (κ1) is 26.9. The van der Waals surface area contributed by atoms with Gasteiger partial charge in [-0.15, -0.1) is 0 Å². The van der Waals surface area contributed by atoms with Crippen molar-refractivity contribution in [1.29, 1.82) is 0 Å².